The summed E-state index contributed by atoms with van der Waals surface area (Å²) in [6.07, 6.45) is 1.07. The molecule has 2 aromatic carbocycles. The van der Waals surface area contributed by atoms with Gasteiger partial charge in [0.25, 0.3) is 0 Å². The quantitative estimate of drug-likeness (QED) is 0.715. The fraction of sp³-hybridized carbons (Fsp3) is 0.368. The fourth-order valence-corrected chi connectivity index (χ4v) is 2.20. The molecule has 0 N–H and O–H groups in total. The Morgan fingerprint density at radius 2 is 1.40 bits per heavy atom. The van der Waals surface area contributed by atoms with E-state index in [0.717, 1.165) is 12.2 Å². The summed E-state index contributed by atoms with van der Waals surface area (Å²) in [5, 5.41) is 0. The highest BCUT2D eigenvalue weighted by Gasteiger charge is 2.06. The first-order valence-corrected chi connectivity index (χ1v) is 7.47. The average Bonchev–Trinajstić information content (AvgIpc) is 2.49. The van der Waals surface area contributed by atoms with Crippen LogP contribution in [0.4, 0.5) is 0 Å². The molecule has 0 fully saturated rings. The van der Waals surface area contributed by atoms with Crippen LogP contribution in [0, 0.1) is 13.8 Å². The van der Waals surface area contributed by atoms with Gasteiger partial charge in [-0.05, 0) is 42.5 Å². The van der Waals surface area contributed by atoms with Crippen molar-refractivity contribution in [3.05, 3.63) is 64.7 Å². The second-order valence-corrected chi connectivity index (χ2v) is 4.69. The van der Waals surface area contributed by atoms with Crippen LogP contribution in [0.15, 0.2) is 42.5 Å². The van der Waals surface area contributed by atoms with Crippen LogP contribution in [0.2, 0.25) is 0 Å². The van der Waals surface area contributed by atoms with Crippen molar-refractivity contribution in [1.82, 2.24) is 0 Å². The maximum absolute atomic E-state index is 5.95. The fourth-order valence-electron chi connectivity index (χ4n) is 2.20. The maximum atomic E-state index is 5.95. The minimum atomic E-state index is 0.633. The minimum Gasteiger partial charge on any atom is -0.488 e. The summed E-state index contributed by atoms with van der Waals surface area (Å²) < 4.78 is 5.95. The number of rotatable bonds is 4. The molecule has 0 spiro atoms. The third-order valence-electron chi connectivity index (χ3n) is 3.15. The molecular formula is C19H26O. The molecule has 0 aliphatic heterocycles. The lowest BCUT2D eigenvalue weighted by Crippen LogP contribution is -1.99. The van der Waals surface area contributed by atoms with E-state index in [1.165, 1.54) is 22.3 Å². The van der Waals surface area contributed by atoms with Crippen molar-refractivity contribution in [2.45, 2.75) is 47.6 Å². The number of aryl methyl sites for hydroxylation is 3. The molecule has 0 amide bonds. The minimum absolute atomic E-state index is 0.633. The van der Waals surface area contributed by atoms with E-state index in [2.05, 4.69) is 45.0 Å². The molecule has 0 saturated carbocycles. The lowest BCUT2D eigenvalue weighted by molar-refractivity contribution is 0.302. The average molecular weight is 270 g/mol. The van der Waals surface area contributed by atoms with Crippen molar-refractivity contribution in [2.24, 2.45) is 0 Å². The summed E-state index contributed by atoms with van der Waals surface area (Å²) in [7, 11) is 0. The largest absolute Gasteiger partial charge is 0.488 e. The number of benzene rings is 2. The van der Waals surface area contributed by atoms with Gasteiger partial charge in [0.05, 0.1) is 0 Å². The summed E-state index contributed by atoms with van der Waals surface area (Å²) in [4.78, 5) is 0. The Bertz CT molecular complexity index is 492. The molecule has 0 atom stereocenters. The van der Waals surface area contributed by atoms with Gasteiger partial charge in [-0.2, -0.15) is 0 Å². The molecule has 2 aromatic rings. The Labute approximate surface area is 123 Å². The molecule has 0 heterocycles. The summed E-state index contributed by atoms with van der Waals surface area (Å²) in [6.45, 7) is 11.0. The molecule has 0 aliphatic rings. The summed E-state index contributed by atoms with van der Waals surface area (Å²) in [5.74, 6) is 1.02. The van der Waals surface area contributed by atoms with Crippen molar-refractivity contribution in [3.63, 3.8) is 0 Å². The van der Waals surface area contributed by atoms with Crippen molar-refractivity contribution in [1.29, 1.82) is 0 Å². The molecule has 0 aromatic heterocycles. The Morgan fingerprint density at radius 1 is 0.850 bits per heavy atom. The van der Waals surface area contributed by atoms with Crippen LogP contribution >= 0.6 is 0 Å². The van der Waals surface area contributed by atoms with Gasteiger partial charge in [-0.15, -0.1) is 0 Å². The van der Waals surface area contributed by atoms with E-state index in [4.69, 9.17) is 4.74 Å². The van der Waals surface area contributed by atoms with E-state index in [1.54, 1.807) is 0 Å². The smallest absolute Gasteiger partial charge is 0.125 e. The first-order chi connectivity index (χ1) is 9.70. The van der Waals surface area contributed by atoms with Gasteiger partial charge in [-0.3, -0.25) is 0 Å². The molecule has 108 valence electrons. The molecule has 20 heavy (non-hydrogen) atoms. The normalized spacial score (nSPS) is 9.65. The number of ether oxygens (including phenoxy) is 1. The SMILES string of the molecule is CC.CCc1cc(C)c(OCc2ccccc2)c(C)c1. The lowest BCUT2D eigenvalue weighted by atomic mass is 10.0. The molecule has 0 radical (unpaired) electrons. The van der Waals surface area contributed by atoms with Crippen LogP contribution < -0.4 is 4.74 Å². The zero-order valence-electron chi connectivity index (χ0n) is 13.4. The van der Waals surface area contributed by atoms with E-state index in [0.29, 0.717) is 6.61 Å². The number of hydrogen-bond acceptors (Lipinski definition) is 1. The molecule has 1 heteroatoms. The maximum Gasteiger partial charge on any atom is 0.125 e. The molecular weight excluding hydrogens is 244 g/mol. The predicted octanol–water partition coefficient (Wildman–Crippen LogP) is 5.47. The Balaban J connectivity index is 0.000000956. The van der Waals surface area contributed by atoms with Gasteiger partial charge in [0.2, 0.25) is 0 Å². The Hall–Kier alpha value is -1.76. The van der Waals surface area contributed by atoms with E-state index in [-0.39, 0.29) is 0 Å². The summed E-state index contributed by atoms with van der Waals surface area (Å²) in [6, 6.07) is 14.7. The highest BCUT2D eigenvalue weighted by molar-refractivity contribution is 5.43. The first kappa shape index (κ1) is 16.3. The van der Waals surface area contributed by atoms with Crippen LogP contribution in [-0.2, 0) is 13.0 Å². The van der Waals surface area contributed by atoms with Gasteiger partial charge >= 0.3 is 0 Å². The van der Waals surface area contributed by atoms with Crippen LogP contribution in [-0.4, -0.2) is 0 Å². The van der Waals surface area contributed by atoms with Crippen LogP contribution in [0.5, 0.6) is 5.75 Å². The Morgan fingerprint density at radius 3 is 1.90 bits per heavy atom. The van der Waals surface area contributed by atoms with E-state index >= 15 is 0 Å². The van der Waals surface area contributed by atoms with Crippen molar-refractivity contribution >= 4 is 0 Å². The second-order valence-electron chi connectivity index (χ2n) is 4.69. The molecule has 0 aliphatic carbocycles. The monoisotopic (exact) mass is 270 g/mol. The zero-order valence-corrected chi connectivity index (χ0v) is 13.4. The molecule has 0 bridgehead atoms. The second kappa shape index (κ2) is 8.42. The lowest BCUT2D eigenvalue weighted by Gasteiger charge is -2.13. The van der Waals surface area contributed by atoms with Gasteiger partial charge in [0, 0.05) is 0 Å². The van der Waals surface area contributed by atoms with E-state index in [1.807, 2.05) is 32.0 Å². The van der Waals surface area contributed by atoms with Crippen LogP contribution in [0.1, 0.15) is 43.0 Å². The third-order valence-corrected chi connectivity index (χ3v) is 3.15. The summed E-state index contributed by atoms with van der Waals surface area (Å²) in [5.41, 5.74) is 5.03. The van der Waals surface area contributed by atoms with Gasteiger partial charge in [0.1, 0.15) is 12.4 Å². The Kier molecular flexibility index (Phi) is 6.86. The van der Waals surface area contributed by atoms with Gasteiger partial charge in [-0.1, -0.05) is 63.2 Å². The highest BCUT2D eigenvalue weighted by atomic mass is 16.5. The van der Waals surface area contributed by atoms with Crippen molar-refractivity contribution in [3.8, 4) is 5.75 Å². The van der Waals surface area contributed by atoms with Crippen LogP contribution in [0.25, 0.3) is 0 Å². The summed E-state index contributed by atoms with van der Waals surface area (Å²) >= 11 is 0. The molecule has 1 nitrogen and oxygen atoms in total. The third kappa shape index (κ3) is 4.41. The molecule has 0 saturated heterocycles. The standard InChI is InChI=1S/C17H20O.C2H6/c1-4-15-10-13(2)17(14(3)11-15)18-12-16-8-6-5-7-9-16;1-2/h5-11H,4,12H2,1-3H3;1-2H3. The molecule has 0 unspecified atom stereocenters. The molecule has 2 rings (SSSR count). The van der Waals surface area contributed by atoms with Gasteiger partial charge < -0.3 is 4.74 Å². The topological polar surface area (TPSA) is 9.23 Å². The van der Waals surface area contributed by atoms with Gasteiger partial charge in [-0.25, -0.2) is 0 Å². The first-order valence-electron chi connectivity index (χ1n) is 7.47. The van der Waals surface area contributed by atoms with Crippen LogP contribution in [0.3, 0.4) is 0 Å². The zero-order chi connectivity index (χ0) is 15.0. The van der Waals surface area contributed by atoms with E-state index < -0.39 is 0 Å². The van der Waals surface area contributed by atoms with Crippen molar-refractivity contribution in [2.75, 3.05) is 0 Å². The van der Waals surface area contributed by atoms with E-state index in [9.17, 15) is 0 Å². The van der Waals surface area contributed by atoms with Crippen molar-refractivity contribution < 1.29 is 4.74 Å². The van der Waals surface area contributed by atoms with Gasteiger partial charge in [0.15, 0.2) is 0 Å². The number of hydrogen-bond donors (Lipinski definition) is 0. The highest BCUT2D eigenvalue weighted by Crippen LogP contribution is 2.25. The predicted molar refractivity (Wildman–Crippen MR) is 87.4 cm³/mol.